The molecule has 0 aromatic heterocycles. The molecule has 0 spiro atoms. The van der Waals surface area contributed by atoms with Gasteiger partial charge in [0.1, 0.15) is 0 Å². The fourth-order valence-corrected chi connectivity index (χ4v) is 12.9. The highest BCUT2D eigenvalue weighted by Gasteiger charge is 2.55. The van der Waals surface area contributed by atoms with E-state index in [4.69, 9.17) is 0 Å². The number of rotatable bonds is 4. The number of carbonyl (C=O) groups excluding carboxylic acids is 2. The van der Waals surface area contributed by atoms with Crippen LogP contribution in [0, 0.1) is 59.2 Å². The van der Waals surface area contributed by atoms with E-state index in [0.717, 1.165) is 61.2 Å². The summed E-state index contributed by atoms with van der Waals surface area (Å²) in [7, 11) is 0. The number of hydrogen-bond acceptors (Lipinski definition) is 2. The Morgan fingerprint density at radius 3 is 1.08 bits per heavy atom. The van der Waals surface area contributed by atoms with E-state index in [1.54, 1.807) is 0 Å². The third kappa shape index (κ3) is 3.73. The second kappa shape index (κ2) is 8.22. The van der Waals surface area contributed by atoms with Gasteiger partial charge in [0.25, 0.3) is 0 Å². The first-order chi connectivity index (χ1) is 17.4. The van der Waals surface area contributed by atoms with Crippen molar-refractivity contribution in [2.24, 2.45) is 59.2 Å². The fourth-order valence-electron chi connectivity index (χ4n) is 12.9. The molecule has 198 valence electrons. The van der Waals surface area contributed by atoms with Crippen LogP contribution >= 0.6 is 0 Å². The van der Waals surface area contributed by atoms with Crippen LogP contribution in [0.1, 0.15) is 116 Å². The van der Waals surface area contributed by atoms with Crippen LogP contribution in [0.15, 0.2) is 0 Å². The minimum atomic E-state index is 0.114. The number of fused-ring (bicyclic) bond motifs is 1. The highest BCUT2D eigenvalue weighted by molar-refractivity contribution is 5.83. The minimum Gasteiger partial charge on any atom is -0.350 e. The molecular weight excluding hydrogens is 444 g/mol. The molecule has 36 heavy (non-hydrogen) atoms. The van der Waals surface area contributed by atoms with Gasteiger partial charge in [-0.1, -0.05) is 12.8 Å². The molecule has 10 aliphatic rings. The second-order valence-corrected chi connectivity index (χ2v) is 15.8. The summed E-state index contributed by atoms with van der Waals surface area (Å²) in [5.74, 6) is 7.06. The standard InChI is InChI=1S/C32H48N2O2/c35-29(33-31-13-19-7-20(14-31)9-21(8-19)15-31)27-5-6-28(26-4-2-1-3-25(26)27)30(36)34-32-16-22-10-23(17-32)12-24(11-22)18-32/h19-28H,1-18H2,(H,33,35)(H,34,36). The topological polar surface area (TPSA) is 58.2 Å². The molecule has 0 aliphatic heterocycles. The zero-order valence-corrected chi connectivity index (χ0v) is 22.3. The van der Waals surface area contributed by atoms with Gasteiger partial charge in [-0.25, -0.2) is 0 Å². The second-order valence-electron chi connectivity index (χ2n) is 15.8. The molecule has 4 heteroatoms. The first-order valence-corrected chi connectivity index (χ1v) is 16.1. The molecule has 10 aliphatic carbocycles. The third-order valence-electron chi connectivity index (χ3n) is 13.2. The van der Waals surface area contributed by atoms with Gasteiger partial charge in [0.15, 0.2) is 0 Å². The Kier molecular flexibility index (Phi) is 5.22. The van der Waals surface area contributed by atoms with Crippen LogP contribution in [0.3, 0.4) is 0 Å². The van der Waals surface area contributed by atoms with Gasteiger partial charge < -0.3 is 10.6 Å². The quantitative estimate of drug-likeness (QED) is 0.506. The van der Waals surface area contributed by atoms with Crippen molar-refractivity contribution < 1.29 is 9.59 Å². The molecule has 10 saturated carbocycles. The summed E-state index contributed by atoms with van der Waals surface area (Å²) < 4.78 is 0. The number of amides is 2. The Balaban J connectivity index is 0.966. The lowest BCUT2D eigenvalue weighted by molar-refractivity contribution is -0.143. The zero-order valence-electron chi connectivity index (χ0n) is 22.3. The van der Waals surface area contributed by atoms with E-state index in [0.29, 0.717) is 23.7 Å². The van der Waals surface area contributed by atoms with Gasteiger partial charge in [0, 0.05) is 22.9 Å². The van der Waals surface area contributed by atoms with E-state index in [9.17, 15) is 9.59 Å². The molecule has 2 amide bonds. The maximum atomic E-state index is 13.9. The van der Waals surface area contributed by atoms with Gasteiger partial charge in [-0.2, -0.15) is 0 Å². The summed E-state index contributed by atoms with van der Waals surface area (Å²) in [6.07, 6.45) is 22.6. The Morgan fingerprint density at radius 1 is 0.472 bits per heavy atom. The van der Waals surface area contributed by atoms with E-state index in [2.05, 4.69) is 10.6 Å². The number of carbonyl (C=O) groups is 2. The van der Waals surface area contributed by atoms with Crippen molar-refractivity contribution in [3.63, 3.8) is 0 Å². The summed E-state index contributed by atoms with van der Waals surface area (Å²) in [6, 6.07) is 0. The summed E-state index contributed by atoms with van der Waals surface area (Å²) in [4.78, 5) is 27.8. The van der Waals surface area contributed by atoms with Crippen LogP contribution in [0.4, 0.5) is 0 Å². The van der Waals surface area contributed by atoms with Crippen molar-refractivity contribution >= 4 is 11.8 Å². The normalized spacial score (nSPS) is 54.2. The van der Waals surface area contributed by atoms with E-state index in [-0.39, 0.29) is 22.9 Å². The van der Waals surface area contributed by atoms with Gasteiger partial charge in [0.2, 0.25) is 11.8 Å². The molecule has 8 bridgehead atoms. The zero-order chi connectivity index (χ0) is 24.1. The van der Waals surface area contributed by atoms with E-state index in [1.165, 1.54) is 89.9 Å². The average molecular weight is 493 g/mol. The minimum absolute atomic E-state index is 0.114. The Bertz CT molecular complexity index is 781. The van der Waals surface area contributed by atoms with Gasteiger partial charge in [-0.3, -0.25) is 9.59 Å². The van der Waals surface area contributed by atoms with Crippen molar-refractivity contribution in [3.8, 4) is 0 Å². The van der Waals surface area contributed by atoms with E-state index < -0.39 is 0 Å². The van der Waals surface area contributed by atoms with Crippen LogP contribution < -0.4 is 10.6 Å². The van der Waals surface area contributed by atoms with E-state index >= 15 is 0 Å². The predicted octanol–water partition coefficient (Wildman–Crippen LogP) is 5.99. The lowest BCUT2D eigenvalue weighted by Gasteiger charge is -2.58. The smallest absolute Gasteiger partial charge is 0.223 e. The largest absolute Gasteiger partial charge is 0.350 e. The number of nitrogens with one attached hydrogen (secondary N) is 2. The predicted molar refractivity (Wildman–Crippen MR) is 140 cm³/mol. The Hall–Kier alpha value is -1.06. The summed E-state index contributed by atoms with van der Waals surface area (Å²) in [5, 5.41) is 7.47. The molecule has 10 rings (SSSR count). The molecular formula is C32H48N2O2. The molecule has 0 radical (unpaired) electrons. The Labute approximate surface area is 217 Å². The molecule has 4 atom stereocenters. The molecule has 0 heterocycles. The molecule has 0 saturated heterocycles. The monoisotopic (exact) mass is 492 g/mol. The first kappa shape index (κ1) is 22.9. The van der Waals surface area contributed by atoms with Crippen LogP contribution in [0.5, 0.6) is 0 Å². The molecule has 4 nitrogen and oxygen atoms in total. The maximum Gasteiger partial charge on any atom is 0.223 e. The van der Waals surface area contributed by atoms with Crippen molar-refractivity contribution in [3.05, 3.63) is 0 Å². The average Bonchev–Trinajstić information content (AvgIpc) is 2.81. The molecule has 2 N–H and O–H groups in total. The number of hydrogen-bond donors (Lipinski definition) is 2. The van der Waals surface area contributed by atoms with Crippen LogP contribution in [0.25, 0.3) is 0 Å². The molecule has 0 aromatic rings. The first-order valence-electron chi connectivity index (χ1n) is 16.1. The molecule has 0 aromatic carbocycles. The Morgan fingerprint density at radius 2 is 0.778 bits per heavy atom. The summed E-state index contributed by atoms with van der Waals surface area (Å²) >= 11 is 0. The maximum absolute atomic E-state index is 13.9. The van der Waals surface area contributed by atoms with Crippen LogP contribution in [-0.2, 0) is 9.59 Å². The van der Waals surface area contributed by atoms with E-state index in [1.807, 2.05) is 0 Å². The third-order valence-corrected chi connectivity index (χ3v) is 13.2. The van der Waals surface area contributed by atoms with Gasteiger partial charge >= 0.3 is 0 Å². The lowest BCUT2D eigenvalue weighted by atomic mass is 9.52. The van der Waals surface area contributed by atoms with Crippen molar-refractivity contribution in [2.75, 3.05) is 0 Å². The van der Waals surface area contributed by atoms with Crippen molar-refractivity contribution in [2.45, 2.75) is 127 Å². The summed E-state index contributed by atoms with van der Waals surface area (Å²) in [5.41, 5.74) is 0.228. The molecule has 10 fully saturated rings. The van der Waals surface area contributed by atoms with Crippen LogP contribution in [0.2, 0.25) is 0 Å². The molecule has 4 unspecified atom stereocenters. The van der Waals surface area contributed by atoms with Crippen molar-refractivity contribution in [1.29, 1.82) is 0 Å². The van der Waals surface area contributed by atoms with Gasteiger partial charge in [0.05, 0.1) is 0 Å². The SMILES string of the molecule is O=C(NC12CC3CC(CC(C3)C1)C2)C1CCC(C(=O)NC23CC4CC(CC(C4)C2)C3)C2CCCCC12. The van der Waals surface area contributed by atoms with Crippen LogP contribution in [-0.4, -0.2) is 22.9 Å². The highest BCUT2D eigenvalue weighted by atomic mass is 16.2. The lowest BCUT2D eigenvalue weighted by Crippen LogP contribution is -2.62. The van der Waals surface area contributed by atoms with Gasteiger partial charge in [-0.05, 0) is 150 Å². The van der Waals surface area contributed by atoms with Gasteiger partial charge in [-0.15, -0.1) is 0 Å². The summed E-state index contributed by atoms with van der Waals surface area (Å²) in [6.45, 7) is 0. The fraction of sp³-hybridized carbons (Fsp3) is 0.938. The van der Waals surface area contributed by atoms with Crippen molar-refractivity contribution in [1.82, 2.24) is 10.6 Å². The highest BCUT2D eigenvalue weighted by Crippen LogP contribution is 2.57.